The third kappa shape index (κ3) is 4.08. The van der Waals surface area contributed by atoms with Gasteiger partial charge < -0.3 is 10.1 Å². The van der Waals surface area contributed by atoms with E-state index in [2.05, 4.69) is 0 Å². The van der Waals surface area contributed by atoms with Crippen molar-refractivity contribution in [3.05, 3.63) is 24.3 Å². The number of ether oxygens (including phenoxy) is 1. The summed E-state index contributed by atoms with van der Waals surface area (Å²) in [5.41, 5.74) is -0.0337. The van der Waals surface area contributed by atoms with Crippen LogP contribution in [-0.2, 0) is 9.59 Å². The van der Waals surface area contributed by atoms with E-state index in [0.717, 1.165) is 0 Å². The van der Waals surface area contributed by atoms with Gasteiger partial charge in [-0.05, 0) is 24.3 Å². The number of alkyl halides is 3. The lowest BCUT2D eigenvalue weighted by Crippen LogP contribution is -2.29. The van der Waals surface area contributed by atoms with Crippen molar-refractivity contribution in [3.8, 4) is 5.75 Å². The summed E-state index contributed by atoms with van der Waals surface area (Å²) in [6, 6.07) is 5.00. The number of esters is 1. The minimum absolute atomic E-state index is 0.0337. The summed E-state index contributed by atoms with van der Waals surface area (Å²) in [7, 11) is 0. The first-order valence-electron chi connectivity index (χ1n) is 5.02. The van der Waals surface area contributed by atoms with Crippen LogP contribution in [0, 0.1) is 0 Å². The van der Waals surface area contributed by atoms with Crippen molar-refractivity contribution in [2.24, 2.45) is 0 Å². The Morgan fingerprint density at radius 3 is 2.22 bits per heavy atom. The predicted octanol–water partition coefficient (Wildman–Crippen LogP) is 2.50. The number of carbonyl (C=O) groups excluding carboxylic acids is 2. The Kier molecular flexibility index (Phi) is 4.30. The second kappa shape index (κ2) is 5.52. The smallest absolute Gasteiger partial charge is 0.427 e. The topological polar surface area (TPSA) is 55.4 Å². The molecule has 98 valence electrons. The molecule has 1 aromatic carbocycles. The molecule has 1 aromatic rings. The van der Waals surface area contributed by atoms with Crippen molar-refractivity contribution in [3.63, 3.8) is 0 Å². The molecule has 0 saturated carbocycles. The van der Waals surface area contributed by atoms with Crippen LogP contribution in [0.4, 0.5) is 18.9 Å². The summed E-state index contributed by atoms with van der Waals surface area (Å²) in [6.45, 7) is 1.61. The van der Waals surface area contributed by atoms with Gasteiger partial charge in [-0.3, -0.25) is 9.59 Å². The van der Waals surface area contributed by atoms with E-state index in [-0.39, 0.29) is 17.9 Å². The van der Waals surface area contributed by atoms with Gasteiger partial charge in [-0.25, -0.2) is 0 Å². The van der Waals surface area contributed by atoms with Crippen molar-refractivity contribution in [2.75, 3.05) is 5.32 Å². The Hall–Kier alpha value is -2.05. The highest BCUT2D eigenvalue weighted by Crippen LogP contribution is 2.20. The third-order valence-electron chi connectivity index (χ3n) is 1.89. The first-order valence-corrected chi connectivity index (χ1v) is 5.02. The lowest BCUT2D eigenvalue weighted by Gasteiger charge is -2.08. The molecule has 0 unspecified atom stereocenters. The van der Waals surface area contributed by atoms with E-state index in [1.807, 2.05) is 0 Å². The van der Waals surface area contributed by atoms with Gasteiger partial charge in [0.15, 0.2) is 0 Å². The van der Waals surface area contributed by atoms with E-state index >= 15 is 0 Å². The molecule has 7 heteroatoms. The van der Waals surface area contributed by atoms with Gasteiger partial charge in [0.05, 0.1) is 0 Å². The van der Waals surface area contributed by atoms with E-state index in [1.165, 1.54) is 24.3 Å². The van der Waals surface area contributed by atoms with Crippen LogP contribution in [0.2, 0.25) is 0 Å². The maximum Gasteiger partial charge on any atom is 0.471 e. The molecule has 0 heterocycles. The molecule has 0 aliphatic heterocycles. The molecule has 0 radical (unpaired) electrons. The van der Waals surface area contributed by atoms with Gasteiger partial charge in [0, 0.05) is 12.1 Å². The maximum absolute atomic E-state index is 12.0. The van der Waals surface area contributed by atoms with Gasteiger partial charge in [0.25, 0.3) is 0 Å². The second-order valence-electron chi connectivity index (χ2n) is 3.30. The summed E-state index contributed by atoms with van der Waals surface area (Å²) in [5.74, 6) is -2.31. The fourth-order valence-electron chi connectivity index (χ4n) is 1.01. The second-order valence-corrected chi connectivity index (χ2v) is 3.30. The van der Waals surface area contributed by atoms with Crippen LogP contribution in [0.1, 0.15) is 13.3 Å². The van der Waals surface area contributed by atoms with Gasteiger partial charge in [-0.2, -0.15) is 13.2 Å². The van der Waals surface area contributed by atoms with Gasteiger partial charge in [0.2, 0.25) is 0 Å². The highest BCUT2D eigenvalue weighted by molar-refractivity contribution is 5.94. The first-order chi connectivity index (χ1) is 8.32. The normalized spacial score (nSPS) is 10.9. The van der Waals surface area contributed by atoms with Crippen molar-refractivity contribution < 1.29 is 27.5 Å². The molecule has 0 aromatic heterocycles. The summed E-state index contributed by atoms with van der Waals surface area (Å²) in [4.78, 5) is 21.6. The minimum atomic E-state index is -4.94. The fourth-order valence-corrected chi connectivity index (χ4v) is 1.01. The largest absolute Gasteiger partial charge is 0.471 e. The minimum Gasteiger partial charge on any atom is -0.427 e. The van der Waals surface area contributed by atoms with Crippen LogP contribution in [0.25, 0.3) is 0 Å². The molecule has 0 fully saturated rings. The Labute approximate surface area is 101 Å². The number of hydrogen-bond donors (Lipinski definition) is 1. The van der Waals surface area contributed by atoms with E-state index in [9.17, 15) is 22.8 Å². The van der Waals surface area contributed by atoms with Gasteiger partial charge in [-0.15, -0.1) is 0 Å². The maximum atomic E-state index is 12.0. The molecule has 1 rings (SSSR count). The van der Waals surface area contributed by atoms with Crippen molar-refractivity contribution in [1.82, 2.24) is 0 Å². The summed E-state index contributed by atoms with van der Waals surface area (Å²) in [5, 5.41) is 1.67. The van der Waals surface area contributed by atoms with Crippen molar-refractivity contribution in [1.29, 1.82) is 0 Å². The van der Waals surface area contributed by atoms with E-state index in [0.29, 0.717) is 0 Å². The molecule has 0 saturated heterocycles. The van der Waals surface area contributed by atoms with Crippen molar-refractivity contribution >= 4 is 17.6 Å². The Balaban J connectivity index is 2.66. The quantitative estimate of drug-likeness (QED) is 0.671. The lowest BCUT2D eigenvalue weighted by atomic mass is 10.3. The number of hydrogen-bond acceptors (Lipinski definition) is 3. The molecule has 0 spiro atoms. The first kappa shape index (κ1) is 14.0. The highest BCUT2D eigenvalue weighted by Gasteiger charge is 2.38. The number of carbonyl (C=O) groups is 2. The van der Waals surface area contributed by atoms with E-state index in [1.54, 1.807) is 12.2 Å². The molecular formula is C11H10F3NO3. The van der Waals surface area contributed by atoms with Crippen LogP contribution in [0.3, 0.4) is 0 Å². The van der Waals surface area contributed by atoms with Gasteiger partial charge in [-0.1, -0.05) is 6.92 Å². The standard InChI is InChI=1S/C11H10F3NO3/c1-2-9(16)18-8-5-3-7(4-6-8)15-10(17)11(12,13)14/h3-6H,2H2,1H3,(H,15,17). The molecule has 0 bridgehead atoms. The molecule has 1 N–H and O–H groups in total. The molecule has 4 nitrogen and oxygen atoms in total. The number of halogens is 3. The summed E-state index contributed by atoms with van der Waals surface area (Å²) in [6.07, 6.45) is -4.75. The average Bonchev–Trinajstić information content (AvgIpc) is 2.30. The van der Waals surface area contributed by atoms with Crippen LogP contribution in [-0.4, -0.2) is 18.1 Å². The number of anilines is 1. The summed E-state index contributed by atoms with van der Waals surface area (Å²) < 4.78 is 40.7. The number of amides is 1. The zero-order chi connectivity index (χ0) is 13.8. The monoisotopic (exact) mass is 261 g/mol. The predicted molar refractivity (Wildman–Crippen MR) is 57.1 cm³/mol. The molecular weight excluding hydrogens is 251 g/mol. The van der Waals surface area contributed by atoms with E-state index < -0.39 is 18.1 Å². The SMILES string of the molecule is CCC(=O)Oc1ccc(NC(=O)C(F)(F)F)cc1. The number of rotatable bonds is 3. The van der Waals surface area contributed by atoms with Gasteiger partial charge in [0.1, 0.15) is 5.75 Å². The molecule has 18 heavy (non-hydrogen) atoms. The fraction of sp³-hybridized carbons (Fsp3) is 0.273. The molecule has 1 amide bonds. The molecule has 0 aliphatic rings. The van der Waals surface area contributed by atoms with Gasteiger partial charge >= 0.3 is 18.1 Å². The Bertz CT molecular complexity index is 440. The van der Waals surface area contributed by atoms with Crippen LogP contribution < -0.4 is 10.1 Å². The highest BCUT2D eigenvalue weighted by atomic mass is 19.4. The van der Waals surface area contributed by atoms with Crippen molar-refractivity contribution in [2.45, 2.75) is 19.5 Å². The Morgan fingerprint density at radius 2 is 1.78 bits per heavy atom. The summed E-state index contributed by atoms with van der Waals surface area (Å²) >= 11 is 0. The van der Waals surface area contributed by atoms with Crippen LogP contribution in [0.5, 0.6) is 5.75 Å². The molecule has 0 atom stereocenters. The average molecular weight is 261 g/mol. The van der Waals surface area contributed by atoms with Crippen LogP contribution >= 0.6 is 0 Å². The third-order valence-corrected chi connectivity index (χ3v) is 1.89. The van der Waals surface area contributed by atoms with Crippen LogP contribution in [0.15, 0.2) is 24.3 Å². The number of nitrogens with one attached hydrogen (secondary N) is 1. The number of benzene rings is 1. The lowest BCUT2D eigenvalue weighted by molar-refractivity contribution is -0.167. The Morgan fingerprint density at radius 1 is 1.22 bits per heavy atom. The molecule has 0 aliphatic carbocycles. The zero-order valence-corrected chi connectivity index (χ0v) is 9.38. The zero-order valence-electron chi connectivity index (χ0n) is 9.38. The van der Waals surface area contributed by atoms with E-state index in [4.69, 9.17) is 4.74 Å².